The van der Waals surface area contributed by atoms with E-state index in [0.717, 1.165) is 47.8 Å². The molecule has 2 amide bonds. The van der Waals surface area contributed by atoms with Gasteiger partial charge in [0.2, 0.25) is 0 Å². The molecule has 2 saturated heterocycles. The summed E-state index contributed by atoms with van der Waals surface area (Å²) >= 11 is 1.49. The SMILES string of the molecule is Cc1ccc(C(=O)N2CCN(c3ccccc3)CC2)c(C2CCN(C(=O)c3cccs3)CC2)n1. The highest BCUT2D eigenvalue weighted by Gasteiger charge is 2.31. The molecule has 2 aromatic heterocycles. The number of benzene rings is 1. The van der Waals surface area contributed by atoms with E-state index in [-0.39, 0.29) is 17.7 Å². The third-order valence-electron chi connectivity index (χ3n) is 6.88. The molecule has 0 aliphatic carbocycles. The zero-order valence-corrected chi connectivity index (χ0v) is 20.3. The zero-order chi connectivity index (χ0) is 23.5. The van der Waals surface area contributed by atoms with Gasteiger partial charge in [0.1, 0.15) is 0 Å². The number of carbonyl (C=O) groups excluding carboxylic acids is 2. The Morgan fingerprint density at radius 1 is 0.824 bits per heavy atom. The minimum Gasteiger partial charge on any atom is -0.368 e. The predicted octanol–water partition coefficient (Wildman–Crippen LogP) is 4.43. The predicted molar refractivity (Wildman–Crippen MR) is 136 cm³/mol. The Bertz CT molecular complexity index is 1130. The summed E-state index contributed by atoms with van der Waals surface area (Å²) in [5, 5.41) is 1.94. The number of rotatable bonds is 4. The number of para-hydroxylation sites is 1. The standard InChI is InChI=1S/C27H30N4O2S/c1-20-9-10-23(26(32)31-17-15-29(16-18-31)22-6-3-2-4-7-22)25(28-20)21-11-13-30(14-12-21)27(33)24-8-5-19-34-24/h2-10,19,21H,11-18H2,1H3. The molecular weight excluding hydrogens is 444 g/mol. The summed E-state index contributed by atoms with van der Waals surface area (Å²) in [5.74, 6) is 0.377. The molecule has 0 atom stereocenters. The van der Waals surface area contributed by atoms with E-state index in [2.05, 4.69) is 29.2 Å². The molecule has 0 unspecified atom stereocenters. The van der Waals surface area contributed by atoms with Gasteiger partial charge in [0.25, 0.3) is 11.8 Å². The molecule has 0 radical (unpaired) electrons. The molecule has 4 heterocycles. The molecule has 2 fully saturated rings. The van der Waals surface area contributed by atoms with Crippen molar-refractivity contribution in [2.24, 2.45) is 0 Å². The lowest BCUT2D eigenvalue weighted by molar-refractivity contribution is 0.0706. The van der Waals surface area contributed by atoms with Crippen molar-refractivity contribution in [3.63, 3.8) is 0 Å². The van der Waals surface area contributed by atoms with E-state index in [1.54, 1.807) is 0 Å². The molecule has 5 rings (SSSR count). The van der Waals surface area contributed by atoms with Crippen LogP contribution in [-0.4, -0.2) is 65.9 Å². The first-order valence-corrected chi connectivity index (χ1v) is 12.9. The summed E-state index contributed by atoms with van der Waals surface area (Å²) in [6.07, 6.45) is 1.66. The minimum absolute atomic E-state index is 0.0762. The number of anilines is 1. The molecule has 6 nitrogen and oxygen atoms in total. The average molecular weight is 475 g/mol. The van der Waals surface area contributed by atoms with Gasteiger partial charge in [-0.3, -0.25) is 14.6 Å². The van der Waals surface area contributed by atoms with E-state index in [1.807, 2.05) is 52.4 Å². The molecule has 0 bridgehead atoms. The van der Waals surface area contributed by atoms with E-state index in [4.69, 9.17) is 4.98 Å². The summed E-state index contributed by atoms with van der Waals surface area (Å²) in [4.78, 5) is 38.1. The van der Waals surface area contributed by atoms with Crippen LogP contribution in [0, 0.1) is 6.92 Å². The second-order valence-electron chi connectivity index (χ2n) is 9.04. The fourth-order valence-corrected chi connectivity index (χ4v) is 5.65. The molecule has 176 valence electrons. The van der Waals surface area contributed by atoms with E-state index in [9.17, 15) is 9.59 Å². The van der Waals surface area contributed by atoms with Gasteiger partial charge in [-0.25, -0.2) is 0 Å². The number of aryl methyl sites for hydroxylation is 1. The Balaban J connectivity index is 1.26. The van der Waals surface area contributed by atoms with E-state index < -0.39 is 0 Å². The quantitative estimate of drug-likeness (QED) is 0.561. The summed E-state index contributed by atoms with van der Waals surface area (Å²) in [6.45, 7) is 6.43. The van der Waals surface area contributed by atoms with E-state index in [0.29, 0.717) is 26.2 Å². The smallest absolute Gasteiger partial charge is 0.263 e. The third-order valence-corrected chi connectivity index (χ3v) is 7.74. The molecule has 34 heavy (non-hydrogen) atoms. The Morgan fingerprint density at radius 2 is 1.53 bits per heavy atom. The van der Waals surface area contributed by atoms with Crippen LogP contribution in [0.2, 0.25) is 0 Å². The molecule has 0 saturated carbocycles. The van der Waals surface area contributed by atoms with E-state index in [1.165, 1.54) is 17.0 Å². The first kappa shape index (κ1) is 22.6. The van der Waals surface area contributed by atoms with Crippen LogP contribution in [0.3, 0.4) is 0 Å². The van der Waals surface area contributed by atoms with Gasteiger partial charge in [-0.15, -0.1) is 11.3 Å². The fourth-order valence-electron chi connectivity index (χ4n) is 4.96. The lowest BCUT2D eigenvalue weighted by Gasteiger charge is -2.37. The largest absolute Gasteiger partial charge is 0.368 e. The Morgan fingerprint density at radius 3 is 2.21 bits per heavy atom. The van der Waals surface area contributed by atoms with Crippen LogP contribution in [0.4, 0.5) is 5.69 Å². The maximum atomic E-state index is 13.5. The molecule has 0 spiro atoms. The first-order valence-electron chi connectivity index (χ1n) is 12.0. The van der Waals surface area contributed by atoms with Crippen molar-refractivity contribution in [2.75, 3.05) is 44.2 Å². The number of pyridine rings is 1. The highest BCUT2D eigenvalue weighted by Crippen LogP contribution is 2.31. The van der Waals surface area contributed by atoms with Crippen molar-refractivity contribution in [3.8, 4) is 0 Å². The van der Waals surface area contributed by atoms with Gasteiger partial charge in [-0.1, -0.05) is 24.3 Å². The van der Waals surface area contributed by atoms with Crippen LogP contribution in [0.1, 0.15) is 50.2 Å². The second-order valence-corrected chi connectivity index (χ2v) is 9.99. The Kier molecular flexibility index (Phi) is 6.63. The number of piperidine rings is 1. The van der Waals surface area contributed by atoms with Crippen LogP contribution < -0.4 is 4.90 Å². The number of hydrogen-bond acceptors (Lipinski definition) is 5. The van der Waals surface area contributed by atoms with Crippen molar-refractivity contribution in [3.05, 3.63) is 81.8 Å². The second kappa shape index (κ2) is 9.97. The normalized spacial score (nSPS) is 17.1. The van der Waals surface area contributed by atoms with Crippen LogP contribution in [-0.2, 0) is 0 Å². The van der Waals surface area contributed by atoms with E-state index >= 15 is 0 Å². The third kappa shape index (κ3) is 4.71. The monoisotopic (exact) mass is 474 g/mol. The first-order chi connectivity index (χ1) is 16.6. The number of thiophene rings is 1. The lowest BCUT2D eigenvalue weighted by Crippen LogP contribution is -2.49. The zero-order valence-electron chi connectivity index (χ0n) is 19.5. The van der Waals surface area contributed by atoms with Gasteiger partial charge in [-0.05, 0) is 55.5 Å². The molecule has 2 aliphatic rings. The van der Waals surface area contributed by atoms with Crippen LogP contribution in [0.15, 0.2) is 60.0 Å². The van der Waals surface area contributed by atoms with Crippen molar-refractivity contribution in [2.45, 2.75) is 25.7 Å². The van der Waals surface area contributed by atoms with Crippen LogP contribution in [0.5, 0.6) is 0 Å². The topological polar surface area (TPSA) is 56.8 Å². The maximum Gasteiger partial charge on any atom is 0.263 e. The van der Waals surface area contributed by atoms with Crippen molar-refractivity contribution in [1.82, 2.24) is 14.8 Å². The van der Waals surface area contributed by atoms with Crippen molar-refractivity contribution >= 4 is 28.8 Å². The van der Waals surface area contributed by atoms with Gasteiger partial charge in [0.15, 0.2) is 0 Å². The van der Waals surface area contributed by atoms with Crippen LogP contribution in [0.25, 0.3) is 0 Å². The molecule has 1 aromatic carbocycles. The van der Waals surface area contributed by atoms with Gasteiger partial charge in [0.05, 0.1) is 16.1 Å². The average Bonchev–Trinajstić information content (AvgIpc) is 3.44. The summed E-state index contributed by atoms with van der Waals surface area (Å²) in [5.41, 5.74) is 3.76. The molecule has 0 N–H and O–H groups in total. The molecule has 3 aromatic rings. The van der Waals surface area contributed by atoms with Crippen LogP contribution >= 0.6 is 11.3 Å². The van der Waals surface area contributed by atoms with Gasteiger partial charge in [-0.2, -0.15) is 0 Å². The van der Waals surface area contributed by atoms with Gasteiger partial charge < -0.3 is 14.7 Å². The number of nitrogens with zero attached hydrogens (tertiary/aromatic N) is 4. The highest BCUT2D eigenvalue weighted by molar-refractivity contribution is 7.12. The molecule has 2 aliphatic heterocycles. The Labute approximate surface area is 204 Å². The molecule has 7 heteroatoms. The number of amides is 2. The minimum atomic E-state index is 0.0762. The maximum absolute atomic E-state index is 13.5. The number of carbonyl (C=O) groups is 2. The number of likely N-dealkylation sites (tertiary alicyclic amines) is 1. The molecular formula is C27H30N4O2S. The van der Waals surface area contributed by atoms with Crippen molar-refractivity contribution in [1.29, 1.82) is 0 Å². The van der Waals surface area contributed by atoms with Gasteiger partial charge >= 0.3 is 0 Å². The lowest BCUT2D eigenvalue weighted by atomic mass is 9.89. The van der Waals surface area contributed by atoms with Crippen molar-refractivity contribution < 1.29 is 9.59 Å². The summed E-state index contributed by atoms with van der Waals surface area (Å²) < 4.78 is 0. The summed E-state index contributed by atoms with van der Waals surface area (Å²) in [6, 6.07) is 18.1. The van der Waals surface area contributed by atoms with Gasteiger partial charge in [0, 0.05) is 56.6 Å². The highest BCUT2D eigenvalue weighted by atomic mass is 32.1. The number of aromatic nitrogens is 1. The Hall–Kier alpha value is -3.19. The summed E-state index contributed by atoms with van der Waals surface area (Å²) in [7, 11) is 0. The number of piperazine rings is 1. The number of hydrogen-bond donors (Lipinski definition) is 0. The fraction of sp³-hybridized carbons (Fsp3) is 0.370.